The number of likely N-dealkylation sites (tertiary alicyclic amines) is 1. The Morgan fingerprint density at radius 3 is 2.55 bits per heavy atom. The van der Waals surface area contributed by atoms with Crippen LogP contribution in [0.2, 0.25) is 0 Å². The van der Waals surface area contributed by atoms with E-state index in [1.807, 2.05) is 11.8 Å². The predicted octanol–water partition coefficient (Wildman–Crippen LogP) is 2.71. The van der Waals surface area contributed by atoms with Crippen molar-refractivity contribution in [2.75, 3.05) is 13.1 Å². The second kappa shape index (κ2) is 8.12. The van der Waals surface area contributed by atoms with E-state index in [4.69, 9.17) is 5.11 Å². The van der Waals surface area contributed by atoms with Crippen LogP contribution < -0.4 is 5.32 Å². The van der Waals surface area contributed by atoms with Crippen molar-refractivity contribution in [3.8, 4) is 0 Å². The number of nitrogens with one attached hydrogen (secondary N) is 1. The molecule has 2 atom stereocenters. The van der Waals surface area contributed by atoms with Crippen molar-refractivity contribution in [1.29, 1.82) is 0 Å². The summed E-state index contributed by atoms with van der Waals surface area (Å²) in [6, 6.07) is -0.143. The number of hydrogen-bond acceptors (Lipinski definition) is 2. The molecule has 5 heteroatoms. The van der Waals surface area contributed by atoms with Crippen molar-refractivity contribution in [3.63, 3.8) is 0 Å². The monoisotopic (exact) mass is 284 g/mol. The van der Waals surface area contributed by atoms with Gasteiger partial charge in [0.05, 0.1) is 0 Å². The summed E-state index contributed by atoms with van der Waals surface area (Å²) in [5.74, 6) is 0.561. The molecule has 0 aromatic rings. The second-order valence-corrected chi connectivity index (χ2v) is 6.20. The molecular formula is C15H28N2O3. The maximum Gasteiger partial charge on any atom is 0.317 e. The highest BCUT2D eigenvalue weighted by atomic mass is 16.4. The lowest BCUT2D eigenvalue weighted by molar-refractivity contribution is -0.137. The highest BCUT2D eigenvalue weighted by Crippen LogP contribution is 2.24. The summed E-state index contributed by atoms with van der Waals surface area (Å²) >= 11 is 0. The summed E-state index contributed by atoms with van der Waals surface area (Å²) in [6.45, 7) is 7.96. The van der Waals surface area contributed by atoms with E-state index in [2.05, 4.69) is 19.2 Å². The number of amides is 2. The van der Waals surface area contributed by atoms with E-state index in [1.54, 1.807) is 0 Å². The van der Waals surface area contributed by atoms with Crippen molar-refractivity contribution in [2.45, 2.75) is 58.9 Å². The highest BCUT2D eigenvalue weighted by Gasteiger charge is 2.23. The Hall–Kier alpha value is -1.26. The molecule has 1 fully saturated rings. The molecule has 116 valence electrons. The smallest absolute Gasteiger partial charge is 0.317 e. The molecule has 0 radical (unpaired) electrons. The third kappa shape index (κ3) is 5.80. The van der Waals surface area contributed by atoms with Crippen LogP contribution in [0.5, 0.6) is 0 Å². The zero-order chi connectivity index (χ0) is 15.1. The van der Waals surface area contributed by atoms with E-state index in [0.29, 0.717) is 18.3 Å². The molecule has 0 saturated carbocycles. The minimum absolute atomic E-state index is 0.0488. The molecule has 0 bridgehead atoms. The van der Waals surface area contributed by atoms with Gasteiger partial charge in [0, 0.05) is 25.6 Å². The number of rotatable bonds is 5. The van der Waals surface area contributed by atoms with Crippen molar-refractivity contribution in [3.05, 3.63) is 0 Å². The Labute approximate surface area is 121 Å². The number of urea groups is 1. The van der Waals surface area contributed by atoms with Crippen LogP contribution in [-0.2, 0) is 4.79 Å². The minimum atomic E-state index is -0.819. The van der Waals surface area contributed by atoms with E-state index >= 15 is 0 Å². The van der Waals surface area contributed by atoms with Crippen LogP contribution >= 0.6 is 0 Å². The van der Waals surface area contributed by atoms with Crippen LogP contribution in [0, 0.1) is 11.8 Å². The van der Waals surface area contributed by atoms with Crippen LogP contribution in [0.4, 0.5) is 4.79 Å². The average Bonchev–Trinajstić information content (AvgIpc) is 2.62. The largest absolute Gasteiger partial charge is 0.481 e. The summed E-state index contributed by atoms with van der Waals surface area (Å²) in [6.07, 6.45) is 3.88. The first kappa shape index (κ1) is 16.8. The highest BCUT2D eigenvalue weighted by molar-refractivity contribution is 5.74. The molecule has 5 nitrogen and oxygen atoms in total. The molecular weight excluding hydrogens is 256 g/mol. The maximum atomic E-state index is 12.1. The summed E-state index contributed by atoms with van der Waals surface area (Å²) in [4.78, 5) is 24.5. The number of carbonyl (C=O) groups is 2. The average molecular weight is 284 g/mol. The van der Waals surface area contributed by atoms with Crippen molar-refractivity contribution in [1.82, 2.24) is 10.2 Å². The Kier molecular flexibility index (Phi) is 6.82. The lowest BCUT2D eigenvalue weighted by Gasteiger charge is -2.24. The summed E-state index contributed by atoms with van der Waals surface area (Å²) in [5.41, 5.74) is 0. The molecule has 1 rings (SSSR count). The van der Waals surface area contributed by atoms with E-state index in [0.717, 1.165) is 25.9 Å². The molecule has 1 saturated heterocycles. The summed E-state index contributed by atoms with van der Waals surface area (Å²) in [5, 5.41) is 11.5. The van der Waals surface area contributed by atoms with Gasteiger partial charge in [0.25, 0.3) is 0 Å². The van der Waals surface area contributed by atoms with Gasteiger partial charge in [-0.1, -0.05) is 13.8 Å². The van der Waals surface area contributed by atoms with Gasteiger partial charge in [0.1, 0.15) is 0 Å². The molecule has 0 aliphatic carbocycles. The molecule has 0 spiro atoms. The Balaban J connectivity index is 2.37. The first-order valence-electron chi connectivity index (χ1n) is 7.67. The topological polar surface area (TPSA) is 69.6 Å². The van der Waals surface area contributed by atoms with Crippen LogP contribution in [0.25, 0.3) is 0 Å². The van der Waals surface area contributed by atoms with E-state index < -0.39 is 5.97 Å². The zero-order valence-corrected chi connectivity index (χ0v) is 12.9. The van der Waals surface area contributed by atoms with E-state index in [1.165, 1.54) is 6.42 Å². The van der Waals surface area contributed by atoms with E-state index in [-0.39, 0.29) is 18.5 Å². The van der Waals surface area contributed by atoms with Crippen molar-refractivity contribution < 1.29 is 14.7 Å². The molecule has 2 N–H and O–H groups in total. The van der Waals surface area contributed by atoms with E-state index in [9.17, 15) is 9.59 Å². The molecule has 20 heavy (non-hydrogen) atoms. The van der Waals surface area contributed by atoms with Gasteiger partial charge in [-0.25, -0.2) is 4.79 Å². The molecule has 1 aliphatic rings. The summed E-state index contributed by atoms with van der Waals surface area (Å²) < 4.78 is 0. The van der Waals surface area contributed by atoms with Crippen LogP contribution in [0.1, 0.15) is 52.9 Å². The number of nitrogens with zero attached hydrogens (tertiary/aromatic N) is 1. The zero-order valence-electron chi connectivity index (χ0n) is 12.9. The molecule has 0 aromatic carbocycles. The lowest BCUT2D eigenvalue weighted by Crippen LogP contribution is -2.44. The molecule has 2 amide bonds. The quantitative estimate of drug-likeness (QED) is 0.815. The third-order valence-corrected chi connectivity index (χ3v) is 4.16. The van der Waals surface area contributed by atoms with Crippen molar-refractivity contribution >= 4 is 12.0 Å². The van der Waals surface area contributed by atoms with Gasteiger partial charge in [-0.15, -0.1) is 0 Å². The van der Waals surface area contributed by atoms with Gasteiger partial charge in [-0.2, -0.15) is 0 Å². The van der Waals surface area contributed by atoms with Gasteiger partial charge >= 0.3 is 12.0 Å². The molecule has 1 heterocycles. The minimum Gasteiger partial charge on any atom is -0.481 e. The SMILES string of the molecule is CC(CCC(=O)O)NC(=O)N1CCCC(C(C)C)CC1. The summed E-state index contributed by atoms with van der Waals surface area (Å²) in [7, 11) is 0. The van der Waals surface area contributed by atoms with Gasteiger partial charge in [-0.3, -0.25) is 4.79 Å². The van der Waals surface area contributed by atoms with Crippen LogP contribution in [0.15, 0.2) is 0 Å². The van der Waals surface area contributed by atoms with Gasteiger partial charge < -0.3 is 15.3 Å². The normalized spacial score (nSPS) is 21.4. The first-order valence-corrected chi connectivity index (χ1v) is 7.67. The lowest BCUT2D eigenvalue weighted by atomic mass is 9.89. The Morgan fingerprint density at radius 1 is 1.25 bits per heavy atom. The van der Waals surface area contributed by atoms with Crippen LogP contribution in [-0.4, -0.2) is 41.1 Å². The fourth-order valence-corrected chi connectivity index (χ4v) is 2.71. The fraction of sp³-hybridized carbons (Fsp3) is 0.867. The number of aliphatic carboxylic acids is 1. The predicted molar refractivity (Wildman–Crippen MR) is 78.6 cm³/mol. The van der Waals surface area contributed by atoms with Gasteiger partial charge in [-0.05, 0) is 44.4 Å². The van der Waals surface area contributed by atoms with Crippen LogP contribution in [0.3, 0.4) is 0 Å². The van der Waals surface area contributed by atoms with Gasteiger partial charge in [0.15, 0.2) is 0 Å². The fourth-order valence-electron chi connectivity index (χ4n) is 2.71. The Bertz CT molecular complexity index is 331. The first-order chi connectivity index (χ1) is 9.40. The maximum absolute atomic E-state index is 12.1. The van der Waals surface area contributed by atoms with Gasteiger partial charge in [0.2, 0.25) is 0 Å². The number of carbonyl (C=O) groups excluding carboxylic acids is 1. The second-order valence-electron chi connectivity index (χ2n) is 6.20. The standard InChI is InChI=1S/C15H28N2O3/c1-11(2)13-5-4-9-17(10-8-13)15(20)16-12(3)6-7-14(18)19/h11-13H,4-10H2,1-3H3,(H,16,20)(H,18,19). The molecule has 2 unspecified atom stereocenters. The third-order valence-electron chi connectivity index (χ3n) is 4.16. The molecule has 0 aromatic heterocycles. The number of carboxylic acids is 1. The number of hydrogen-bond donors (Lipinski definition) is 2. The number of carboxylic acid groups (broad SMARTS) is 1. The van der Waals surface area contributed by atoms with Crippen molar-refractivity contribution in [2.24, 2.45) is 11.8 Å². The Morgan fingerprint density at radius 2 is 1.95 bits per heavy atom. The molecule has 1 aliphatic heterocycles.